The molecule has 0 aliphatic heterocycles. The van der Waals surface area contributed by atoms with Gasteiger partial charge in [0.2, 0.25) is 5.01 Å². The minimum atomic E-state index is -0.370. The zero-order chi connectivity index (χ0) is 21.3. The smallest absolute Gasteiger partial charge is 0.286 e. The van der Waals surface area contributed by atoms with Gasteiger partial charge in [0.1, 0.15) is 12.4 Å². The Labute approximate surface area is 183 Å². The van der Waals surface area contributed by atoms with E-state index in [0.29, 0.717) is 33.6 Å². The summed E-state index contributed by atoms with van der Waals surface area (Å²) in [4.78, 5) is 24.4. The summed E-state index contributed by atoms with van der Waals surface area (Å²) in [5.74, 6) is 0.153. The van der Waals surface area contributed by atoms with Gasteiger partial charge < -0.3 is 15.4 Å². The molecule has 156 valence electrons. The number of nitrogens with one attached hydrogen (secondary N) is 2. The maximum atomic E-state index is 12.4. The summed E-state index contributed by atoms with van der Waals surface area (Å²) in [6.07, 6.45) is 1.96. The quantitative estimate of drug-likeness (QED) is 0.472. The van der Waals surface area contributed by atoms with Gasteiger partial charge in [0.05, 0.1) is 0 Å². The van der Waals surface area contributed by atoms with Gasteiger partial charge >= 0.3 is 0 Å². The predicted molar refractivity (Wildman–Crippen MR) is 117 cm³/mol. The van der Waals surface area contributed by atoms with E-state index in [9.17, 15) is 9.59 Å². The molecule has 2 N–H and O–H groups in total. The van der Waals surface area contributed by atoms with E-state index in [1.54, 1.807) is 48.5 Å². The second kappa shape index (κ2) is 10.7. The van der Waals surface area contributed by atoms with Crippen molar-refractivity contribution in [2.75, 3.05) is 11.9 Å². The van der Waals surface area contributed by atoms with Crippen LogP contribution in [0, 0.1) is 0 Å². The highest BCUT2D eigenvalue weighted by atomic mass is 35.5. The van der Waals surface area contributed by atoms with Crippen molar-refractivity contribution < 1.29 is 14.3 Å². The molecule has 0 saturated carbocycles. The molecule has 0 atom stereocenters. The third-order valence-corrected chi connectivity index (χ3v) is 5.21. The fourth-order valence-corrected chi connectivity index (χ4v) is 3.22. The second-order valence-electron chi connectivity index (χ2n) is 6.38. The molecule has 0 fully saturated rings. The number of anilines is 1. The van der Waals surface area contributed by atoms with Gasteiger partial charge in [-0.2, -0.15) is 0 Å². The molecule has 1 heterocycles. The number of ether oxygens (including phenoxy) is 1. The second-order valence-corrected chi connectivity index (χ2v) is 7.88. The third kappa shape index (κ3) is 6.27. The van der Waals surface area contributed by atoms with Gasteiger partial charge in [-0.05, 0) is 55.0 Å². The normalized spacial score (nSPS) is 10.5. The van der Waals surface area contributed by atoms with Crippen LogP contribution in [0.2, 0.25) is 5.02 Å². The average molecular weight is 445 g/mol. The van der Waals surface area contributed by atoms with E-state index in [4.69, 9.17) is 16.3 Å². The fraction of sp³-hybridized carbons (Fsp3) is 0.238. The fourth-order valence-electron chi connectivity index (χ4n) is 2.45. The van der Waals surface area contributed by atoms with Gasteiger partial charge in [0.25, 0.3) is 11.8 Å². The van der Waals surface area contributed by atoms with Crippen molar-refractivity contribution in [3.8, 4) is 5.75 Å². The Bertz CT molecular complexity index is 990. The summed E-state index contributed by atoms with van der Waals surface area (Å²) in [5, 5.41) is 14.9. The molecule has 0 aliphatic carbocycles. The summed E-state index contributed by atoms with van der Waals surface area (Å²) < 4.78 is 5.61. The van der Waals surface area contributed by atoms with Crippen molar-refractivity contribution in [3.05, 3.63) is 69.1 Å². The molecule has 0 radical (unpaired) electrons. The topological polar surface area (TPSA) is 93.2 Å². The van der Waals surface area contributed by atoms with Gasteiger partial charge in [-0.3, -0.25) is 9.59 Å². The van der Waals surface area contributed by atoms with Crippen molar-refractivity contribution in [2.45, 2.75) is 26.4 Å². The number of carbonyl (C=O) groups excluding carboxylic acids is 2. The van der Waals surface area contributed by atoms with Crippen molar-refractivity contribution in [1.82, 2.24) is 15.5 Å². The lowest BCUT2D eigenvalue weighted by Crippen LogP contribution is -2.24. The summed E-state index contributed by atoms with van der Waals surface area (Å²) in [6, 6.07) is 13.7. The maximum absolute atomic E-state index is 12.4. The van der Waals surface area contributed by atoms with Crippen LogP contribution >= 0.6 is 22.9 Å². The molecular formula is C21H21ClN4O3S. The minimum absolute atomic E-state index is 0.129. The Morgan fingerprint density at radius 3 is 2.47 bits per heavy atom. The molecule has 0 spiro atoms. The van der Waals surface area contributed by atoms with E-state index in [-0.39, 0.29) is 23.4 Å². The predicted octanol–water partition coefficient (Wildman–Crippen LogP) is 4.55. The largest absolute Gasteiger partial charge is 0.486 e. The maximum Gasteiger partial charge on any atom is 0.286 e. The lowest BCUT2D eigenvalue weighted by atomic mass is 10.2. The molecule has 0 saturated heterocycles. The van der Waals surface area contributed by atoms with Crippen LogP contribution in [0.25, 0.3) is 0 Å². The number of amides is 2. The molecule has 1 aromatic heterocycles. The molecule has 30 heavy (non-hydrogen) atoms. The molecular weight excluding hydrogens is 424 g/mol. The molecule has 9 heteroatoms. The molecule has 3 aromatic rings. The first-order chi connectivity index (χ1) is 14.5. The van der Waals surface area contributed by atoms with Crippen LogP contribution in [0.3, 0.4) is 0 Å². The first kappa shape index (κ1) is 21.7. The summed E-state index contributed by atoms with van der Waals surface area (Å²) in [7, 11) is 0. The Kier molecular flexibility index (Phi) is 7.75. The lowest BCUT2D eigenvalue weighted by molar-refractivity contribution is 0.0952. The third-order valence-electron chi connectivity index (χ3n) is 4.06. The number of unbranched alkanes of at least 4 members (excludes halogenated alkanes) is 1. The van der Waals surface area contributed by atoms with Crippen LogP contribution < -0.4 is 15.4 Å². The molecule has 2 aromatic carbocycles. The Morgan fingerprint density at radius 1 is 1.03 bits per heavy atom. The Morgan fingerprint density at radius 2 is 1.77 bits per heavy atom. The number of nitrogens with zero attached hydrogens (tertiary/aromatic N) is 2. The Hall–Kier alpha value is -2.97. The molecule has 3 rings (SSSR count). The first-order valence-corrected chi connectivity index (χ1v) is 10.6. The van der Waals surface area contributed by atoms with Crippen molar-refractivity contribution >= 4 is 40.4 Å². The van der Waals surface area contributed by atoms with Crippen LogP contribution in [0.5, 0.6) is 5.75 Å². The van der Waals surface area contributed by atoms with E-state index in [1.807, 2.05) is 0 Å². The number of halogens is 1. The number of hydrogen-bond donors (Lipinski definition) is 2. The van der Waals surface area contributed by atoms with Crippen LogP contribution in [0.4, 0.5) is 5.69 Å². The van der Waals surface area contributed by atoms with Crippen LogP contribution in [-0.4, -0.2) is 28.6 Å². The van der Waals surface area contributed by atoms with E-state index in [2.05, 4.69) is 27.8 Å². The number of rotatable bonds is 9. The van der Waals surface area contributed by atoms with E-state index in [1.165, 1.54) is 0 Å². The van der Waals surface area contributed by atoms with Gasteiger partial charge in [0.15, 0.2) is 5.01 Å². The van der Waals surface area contributed by atoms with E-state index < -0.39 is 0 Å². The summed E-state index contributed by atoms with van der Waals surface area (Å²) in [6.45, 7) is 2.92. The highest BCUT2D eigenvalue weighted by molar-refractivity contribution is 7.13. The van der Waals surface area contributed by atoms with Crippen molar-refractivity contribution in [3.63, 3.8) is 0 Å². The van der Waals surface area contributed by atoms with Crippen LogP contribution in [0.15, 0.2) is 48.5 Å². The standard InChI is InChI=1S/C21H21ClN4O3S/c1-2-3-12-23-19(27)14-4-8-16(9-5-14)24-20(28)21-26-25-18(30-21)13-29-17-10-6-15(22)7-11-17/h4-11H,2-3,12-13H2,1H3,(H,23,27)(H,24,28). The summed E-state index contributed by atoms with van der Waals surface area (Å²) >= 11 is 7.00. The van der Waals surface area contributed by atoms with Gasteiger partial charge in [0, 0.05) is 22.8 Å². The van der Waals surface area contributed by atoms with Gasteiger partial charge in [-0.25, -0.2) is 0 Å². The molecule has 7 nitrogen and oxygen atoms in total. The Balaban J connectivity index is 1.52. The van der Waals surface area contributed by atoms with E-state index in [0.717, 1.165) is 24.2 Å². The van der Waals surface area contributed by atoms with E-state index >= 15 is 0 Å². The number of benzene rings is 2. The molecule has 2 amide bonds. The number of aromatic nitrogens is 2. The average Bonchev–Trinajstić information content (AvgIpc) is 3.23. The lowest BCUT2D eigenvalue weighted by Gasteiger charge is -2.06. The molecule has 0 bridgehead atoms. The van der Waals surface area contributed by atoms with Gasteiger partial charge in [-0.1, -0.05) is 36.3 Å². The molecule has 0 unspecified atom stereocenters. The van der Waals surface area contributed by atoms with Gasteiger partial charge in [-0.15, -0.1) is 10.2 Å². The SMILES string of the molecule is CCCCNC(=O)c1ccc(NC(=O)c2nnc(COc3ccc(Cl)cc3)s2)cc1. The number of carbonyl (C=O) groups is 2. The minimum Gasteiger partial charge on any atom is -0.486 e. The first-order valence-electron chi connectivity index (χ1n) is 9.45. The zero-order valence-corrected chi connectivity index (χ0v) is 17.9. The molecule has 0 aliphatic rings. The zero-order valence-electron chi connectivity index (χ0n) is 16.4. The van der Waals surface area contributed by atoms with Crippen LogP contribution in [0.1, 0.15) is 44.9 Å². The monoisotopic (exact) mass is 444 g/mol. The van der Waals surface area contributed by atoms with Crippen molar-refractivity contribution in [1.29, 1.82) is 0 Å². The highest BCUT2D eigenvalue weighted by Gasteiger charge is 2.14. The summed E-state index contributed by atoms with van der Waals surface area (Å²) in [5.41, 5.74) is 1.11. The van der Waals surface area contributed by atoms with Crippen molar-refractivity contribution in [2.24, 2.45) is 0 Å². The number of hydrogen-bond acceptors (Lipinski definition) is 6. The van der Waals surface area contributed by atoms with Crippen LogP contribution in [-0.2, 0) is 6.61 Å². The highest BCUT2D eigenvalue weighted by Crippen LogP contribution is 2.19.